The molecule has 0 saturated heterocycles. The molecule has 190 valence electrons. The van der Waals surface area contributed by atoms with E-state index in [-0.39, 0.29) is 22.2 Å². The zero-order valence-corrected chi connectivity index (χ0v) is 21.0. The lowest BCUT2D eigenvalue weighted by molar-refractivity contribution is -0.384. The minimum atomic E-state index is -0.645. The molecule has 10 heteroatoms. The third-order valence-electron chi connectivity index (χ3n) is 5.49. The van der Waals surface area contributed by atoms with Crippen molar-refractivity contribution in [2.45, 2.75) is 39.7 Å². The molecule has 0 radical (unpaired) electrons. The third kappa shape index (κ3) is 6.85. The molecule has 3 rings (SSSR count). The van der Waals surface area contributed by atoms with E-state index in [9.17, 15) is 19.7 Å². The molecular formula is C26H29ClN4O5. The van der Waals surface area contributed by atoms with Gasteiger partial charge < -0.3 is 20.0 Å². The number of benzene rings is 2. The van der Waals surface area contributed by atoms with E-state index in [0.717, 1.165) is 31.1 Å². The Bertz CT molecular complexity index is 1210. The highest BCUT2D eigenvalue weighted by atomic mass is 35.5. The average Bonchev–Trinajstić information content (AvgIpc) is 3.38. The summed E-state index contributed by atoms with van der Waals surface area (Å²) in [7, 11) is 0. The fraction of sp³-hybridized carbons (Fsp3) is 0.308. The predicted octanol–water partition coefficient (Wildman–Crippen LogP) is 6.04. The Morgan fingerprint density at radius 3 is 2.56 bits per heavy atom. The van der Waals surface area contributed by atoms with Gasteiger partial charge in [0, 0.05) is 30.4 Å². The number of hydrogen-bond acceptors (Lipinski definition) is 6. The van der Waals surface area contributed by atoms with Gasteiger partial charge in [-0.05, 0) is 55.3 Å². The smallest absolute Gasteiger partial charge is 0.288 e. The first kappa shape index (κ1) is 26.7. The lowest BCUT2D eigenvalue weighted by atomic mass is 10.1. The van der Waals surface area contributed by atoms with Crippen LogP contribution in [0.3, 0.4) is 0 Å². The lowest BCUT2D eigenvalue weighted by Gasteiger charge is -2.26. The number of carbonyl (C=O) groups is 2. The first-order chi connectivity index (χ1) is 17.3. The van der Waals surface area contributed by atoms with Gasteiger partial charge >= 0.3 is 0 Å². The van der Waals surface area contributed by atoms with Gasteiger partial charge in [-0.1, -0.05) is 31.9 Å². The number of hydrogen-bond donors (Lipinski definition) is 2. The van der Waals surface area contributed by atoms with Crippen molar-refractivity contribution in [1.29, 1.82) is 0 Å². The number of anilines is 2. The number of halogens is 1. The molecule has 1 aromatic heterocycles. The van der Waals surface area contributed by atoms with Gasteiger partial charge in [0.25, 0.3) is 17.5 Å². The number of rotatable bonds is 12. The predicted molar refractivity (Wildman–Crippen MR) is 140 cm³/mol. The van der Waals surface area contributed by atoms with E-state index in [0.29, 0.717) is 36.6 Å². The van der Waals surface area contributed by atoms with Crippen LogP contribution in [0.15, 0.2) is 59.2 Å². The lowest BCUT2D eigenvalue weighted by Crippen LogP contribution is -2.30. The van der Waals surface area contributed by atoms with Crippen LogP contribution in [-0.4, -0.2) is 29.8 Å². The number of amides is 2. The van der Waals surface area contributed by atoms with E-state index < -0.39 is 10.8 Å². The van der Waals surface area contributed by atoms with Gasteiger partial charge in [-0.15, -0.1) is 0 Å². The number of nitrogens with one attached hydrogen (secondary N) is 2. The number of nitro benzene ring substituents is 1. The second-order valence-electron chi connectivity index (χ2n) is 8.22. The van der Waals surface area contributed by atoms with Gasteiger partial charge in [-0.25, -0.2) is 0 Å². The van der Waals surface area contributed by atoms with Crippen LogP contribution in [0.1, 0.15) is 59.6 Å². The Labute approximate surface area is 214 Å². The van der Waals surface area contributed by atoms with Gasteiger partial charge in [-0.3, -0.25) is 19.7 Å². The largest absolute Gasteiger partial charge is 0.467 e. The summed E-state index contributed by atoms with van der Waals surface area (Å²) in [5.74, 6) is -0.0420. The standard InChI is InChI=1S/C26H29ClN4O5/c1-3-5-13-30(17-20-7-6-14-36-20)23-11-9-19(16-21(23)26(33)28-12-4-2)29-25(32)18-8-10-22(27)24(15-18)31(34)35/h6-11,14-16H,3-5,12-13,17H2,1-2H3,(H,28,33)(H,29,32). The number of unbranched alkanes of at least 4 members (excludes halogenated alkanes) is 1. The van der Waals surface area contributed by atoms with Crippen molar-refractivity contribution in [3.8, 4) is 0 Å². The maximum atomic E-state index is 13.1. The highest BCUT2D eigenvalue weighted by Gasteiger charge is 2.20. The van der Waals surface area contributed by atoms with Crippen LogP contribution in [0, 0.1) is 10.1 Å². The van der Waals surface area contributed by atoms with Gasteiger partial charge in [0.15, 0.2) is 0 Å². The fourth-order valence-electron chi connectivity index (χ4n) is 3.63. The molecule has 0 aliphatic carbocycles. The average molecular weight is 513 g/mol. The molecule has 36 heavy (non-hydrogen) atoms. The first-order valence-electron chi connectivity index (χ1n) is 11.8. The molecule has 0 atom stereocenters. The summed E-state index contributed by atoms with van der Waals surface area (Å²) >= 11 is 5.86. The topological polar surface area (TPSA) is 118 Å². The van der Waals surface area contributed by atoms with Crippen LogP contribution in [0.25, 0.3) is 0 Å². The Kier molecular flexibility index (Phi) is 9.46. The second-order valence-corrected chi connectivity index (χ2v) is 8.63. The normalized spacial score (nSPS) is 10.6. The molecule has 2 aromatic carbocycles. The van der Waals surface area contributed by atoms with Crippen LogP contribution >= 0.6 is 11.6 Å². The fourth-order valence-corrected chi connectivity index (χ4v) is 3.81. The molecular weight excluding hydrogens is 484 g/mol. The summed E-state index contributed by atoms with van der Waals surface area (Å²) in [6.07, 6.45) is 4.29. The second kappa shape index (κ2) is 12.7. The summed E-state index contributed by atoms with van der Waals surface area (Å²) in [6.45, 7) is 5.77. The van der Waals surface area contributed by atoms with Crippen molar-refractivity contribution in [3.63, 3.8) is 0 Å². The van der Waals surface area contributed by atoms with E-state index in [2.05, 4.69) is 22.5 Å². The molecule has 3 aromatic rings. The first-order valence-corrected chi connectivity index (χ1v) is 12.2. The SMILES string of the molecule is CCCCN(Cc1ccco1)c1ccc(NC(=O)c2ccc(Cl)c([N+](=O)[O-])c2)cc1C(=O)NCCC. The van der Waals surface area contributed by atoms with Gasteiger partial charge in [-0.2, -0.15) is 0 Å². The molecule has 0 saturated carbocycles. The molecule has 0 unspecified atom stereocenters. The summed E-state index contributed by atoms with van der Waals surface area (Å²) < 4.78 is 5.53. The quantitative estimate of drug-likeness (QED) is 0.225. The Morgan fingerprint density at radius 2 is 1.89 bits per heavy atom. The molecule has 9 nitrogen and oxygen atoms in total. The highest BCUT2D eigenvalue weighted by molar-refractivity contribution is 6.32. The maximum absolute atomic E-state index is 13.1. The number of furan rings is 1. The monoisotopic (exact) mass is 512 g/mol. The van der Waals surface area contributed by atoms with Gasteiger partial charge in [0.05, 0.1) is 29.0 Å². The van der Waals surface area contributed by atoms with Crippen LogP contribution in [-0.2, 0) is 6.54 Å². The van der Waals surface area contributed by atoms with Crippen LogP contribution < -0.4 is 15.5 Å². The number of nitrogens with zero attached hydrogens (tertiary/aromatic N) is 2. The number of carbonyl (C=O) groups excluding carboxylic acids is 2. The molecule has 0 fully saturated rings. The van der Waals surface area contributed by atoms with Crippen molar-refractivity contribution in [3.05, 3.63) is 86.8 Å². The van der Waals surface area contributed by atoms with E-state index in [4.69, 9.17) is 16.0 Å². The van der Waals surface area contributed by atoms with Crippen LogP contribution in [0.5, 0.6) is 0 Å². The van der Waals surface area contributed by atoms with Crippen molar-refractivity contribution in [2.75, 3.05) is 23.3 Å². The van der Waals surface area contributed by atoms with Crippen molar-refractivity contribution in [1.82, 2.24) is 5.32 Å². The zero-order chi connectivity index (χ0) is 26.1. The van der Waals surface area contributed by atoms with Crippen molar-refractivity contribution < 1.29 is 18.9 Å². The molecule has 1 heterocycles. The molecule has 0 aliphatic rings. The van der Waals surface area contributed by atoms with E-state index >= 15 is 0 Å². The van der Waals surface area contributed by atoms with Crippen LogP contribution in [0.2, 0.25) is 5.02 Å². The minimum Gasteiger partial charge on any atom is -0.467 e. The zero-order valence-electron chi connectivity index (χ0n) is 20.3. The summed E-state index contributed by atoms with van der Waals surface area (Å²) in [4.78, 5) is 38.6. The maximum Gasteiger partial charge on any atom is 0.288 e. The Hall–Kier alpha value is -3.85. The van der Waals surface area contributed by atoms with E-state index in [1.807, 2.05) is 19.1 Å². The van der Waals surface area contributed by atoms with E-state index in [1.54, 1.807) is 24.5 Å². The van der Waals surface area contributed by atoms with Crippen LogP contribution in [0.4, 0.5) is 17.1 Å². The molecule has 0 spiro atoms. The minimum absolute atomic E-state index is 0.0560. The molecule has 2 N–H and O–H groups in total. The van der Waals surface area contributed by atoms with Gasteiger partial charge in [0.2, 0.25) is 0 Å². The Morgan fingerprint density at radius 1 is 1.08 bits per heavy atom. The number of nitro groups is 1. The summed E-state index contributed by atoms with van der Waals surface area (Å²) in [5.41, 5.74) is 1.23. The molecule has 2 amide bonds. The van der Waals surface area contributed by atoms with Gasteiger partial charge in [0.1, 0.15) is 10.8 Å². The van der Waals surface area contributed by atoms with Crippen molar-refractivity contribution >= 4 is 40.5 Å². The van der Waals surface area contributed by atoms with E-state index in [1.165, 1.54) is 12.1 Å². The molecule has 0 bridgehead atoms. The van der Waals surface area contributed by atoms with Crippen molar-refractivity contribution in [2.24, 2.45) is 0 Å². The Balaban J connectivity index is 1.94. The molecule has 0 aliphatic heterocycles. The third-order valence-corrected chi connectivity index (χ3v) is 5.81. The summed E-state index contributed by atoms with van der Waals surface area (Å²) in [6, 6.07) is 12.7. The highest BCUT2D eigenvalue weighted by Crippen LogP contribution is 2.28. The summed E-state index contributed by atoms with van der Waals surface area (Å²) in [5, 5.41) is 16.8.